The number of rotatable bonds is 26. The van der Waals surface area contributed by atoms with E-state index in [9.17, 15) is 9.59 Å². The molecule has 0 unspecified atom stereocenters. The maximum Gasteiger partial charge on any atom is 0.508 e. The summed E-state index contributed by atoms with van der Waals surface area (Å²) in [5.74, 6) is 0. The fraction of sp³-hybridized carbons (Fsp3) is 0.781. The third kappa shape index (κ3) is 22.5. The van der Waals surface area contributed by atoms with E-state index in [1.54, 1.807) is 0 Å². The highest BCUT2D eigenvalue weighted by molar-refractivity contribution is 5.67. The molecule has 1 amide bonds. The monoisotopic (exact) mass is 565 g/mol. The van der Waals surface area contributed by atoms with E-state index in [0.29, 0.717) is 13.0 Å². The highest BCUT2D eigenvalue weighted by Gasteiger charge is 2.16. The summed E-state index contributed by atoms with van der Waals surface area (Å²) in [5, 5.41) is 2.65. The fourth-order valence-electron chi connectivity index (χ4n) is 4.53. The molecule has 0 radical (unpaired) electrons. The van der Waals surface area contributed by atoms with Gasteiger partial charge in [0.25, 0.3) is 0 Å². The van der Waals surface area contributed by atoms with Crippen molar-refractivity contribution in [1.29, 1.82) is 0 Å². The average Bonchev–Trinajstić information content (AvgIpc) is 2.97. The molecule has 1 atom stereocenters. The number of pyridine rings is 1. The van der Waals surface area contributed by atoms with Crippen LogP contribution >= 0.6 is 0 Å². The molecule has 1 aromatic heterocycles. The molecule has 1 N–H and O–H groups in total. The molecule has 0 aliphatic rings. The van der Waals surface area contributed by atoms with Gasteiger partial charge in [0, 0.05) is 25.2 Å². The van der Waals surface area contributed by atoms with Crippen LogP contribution in [-0.4, -0.2) is 51.8 Å². The van der Waals surface area contributed by atoms with Crippen molar-refractivity contribution in [2.75, 3.05) is 33.5 Å². The van der Waals surface area contributed by atoms with Gasteiger partial charge in [0.1, 0.15) is 13.2 Å². The summed E-state index contributed by atoms with van der Waals surface area (Å²) in [6.07, 6.45) is 24.5. The van der Waals surface area contributed by atoms with Gasteiger partial charge in [-0.15, -0.1) is 0 Å². The lowest BCUT2D eigenvalue weighted by Crippen LogP contribution is -2.42. The summed E-state index contributed by atoms with van der Waals surface area (Å²) in [6.45, 7) is 4.08. The molecule has 0 fully saturated rings. The Balaban J connectivity index is 1.98. The van der Waals surface area contributed by atoms with Crippen molar-refractivity contribution >= 4 is 12.2 Å². The van der Waals surface area contributed by atoms with E-state index >= 15 is 0 Å². The molecular weight excluding hydrogens is 508 g/mol. The van der Waals surface area contributed by atoms with Gasteiger partial charge in [-0.25, -0.2) is 14.2 Å². The largest absolute Gasteiger partial charge is 0.508 e. The number of methoxy groups -OCH3 is 1. The first-order valence-electron chi connectivity index (χ1n) is 15.8. The predicted molar refractivity (Wildman–Crippen MR) is 158 cm³/mol. The van der Waals surface area contributed by atoms with Crippen molar-refractivity contribution in [3.63, 3.8) is 0 Å². The third-order valence-electron chi connectivity index (χ3n) is 6.93. The zero-order valence-corrected chi connectivity index (χ0v) is 25.4. The van der Waals surface area contributed by atoms with Gasteiger partial charge < -0.3 is 24.3 Å². The van der Waals surface area contributed by atoms with Gasteiger partial charge in [0.05, 0.1) is 19.8 Å². The van der Waals surface area contributed by atoms with Gasteiger partial charge in [0.2, 0.25) is 0 Å². The Kier molecular flexibility index (Phi) is 23.9. The minimum absolute atomic E-state index is 0.0413. The zero-order chi connectivity index (χ0) is 28.9. The van der Waals surface area contributed by atoms with E-state index in [1.807, 2.05) is 35.2 Å². The number of ether oxygens (including phenoxy) is 4. The summed E-state index contributed by atoms with van der Waals surface area (Å²) in [4.78, 5) is 23.6. The summed E-state index contributed by atoms with van der Waals surface area (Å²) >= 11 is 0. The lowest BCUT2D eigenvalue weighted by atomic mass is 10.0. The van der Waals surface area contributed by atoms with E-state index < -0.39 is 18.3 Å². The number of carbonyl (C=O) groups is 2. The van der Waals surface area contributed by atoms with E-state index in [1.165, 1.54) is 97.0 Å². The lowest BCUT2D eigenvalue weighted by Gasteiger charge is -2.18. The van der Waals surface area contributed by atoms with Crippen LogP contribution in [0.2, 0.25) is 0 Å². The van der Waals surface area contributed by atoms with Gasteiger partial charge >= 0.3 is 12.2 Å². The number of alkyl carbamates (subject to hydrolysis) is 1. The number of unbranched alkanes of at least 4 members (excludes halogenated alkanes) is 15. The Labute approximate surface area is 243 Å². The SMILES string of the molecule is CCCCCCCCCCCCCCCCCCOC[C@@H](COC(=O)OCCC[n+]1ccccc1)NC(=O)OC. The molecule has 1 aromatic rings. The summed E-state index contributed by atoms with van der Waals surface area (Å²) in [6, 6.07) is 5.35. The van der Waals surface area contributed by atoms with Crippen molar-refractivity contribution in [1.82, 2.24) is 5.32 Å². The van der Waals surface area contributed by atoms with Crippen LogP contribution in [0.3, 0.4) is 0 Å². The van der Waals surface area contributed by atoms with Gasteiger partial charge in [0.15, 0.2) is 18.9 Å². The number of hydrogen-bond donors (Lipinski definition) is 1. The first kappa shape index (κ1) is 35.7. The first-order chi connectivity index (χ1) is 19.7. The smallest absolute Gasteiger partial charge is 0.453 e. The third-order valence-corrected chi connectivity index (χ3v) is 6.93. The van der Waals surface area contributed by atoms with Crippen molar-refractivity contribution < 1.29 is 33.1 Å². The van der Waals surface area contributed by atoms with Gasteiger partial charge in [-0.3, -0.25) is 0 Å². The Bertz CT molecular complexity index is 719. The summed E-state index contributed by atoms with van der Waals surface area (Å²) in [5.41, 5.74) is 0. The van der Waals surface area contributed by atoms with E-state index in [0.717, 1.165) is 19.4 Å². The van der Waals surface area contributed by atoms with E-state index in [4.69, 9.17) is 14.2 Å². The molecule has 0 aliphatic carbocycles. The van der Waals surface area contributed by atoms with Gasteiger partial charge in [-0.1, -0.05) is 109 Å². The average molecular weight is 566 g/mol. The maximum atomic E-state index is 11.9. The van der Waals surface area contributed by atoms with E-state index in [-0.39, 0.29) is 19.8 Å². The molecule has 1 rings (SSSR count). The maximum absolute atomic E-state index is 11.9. The minimum Gasteiger partial charge on any atom is -0.453 e. The Morgan fingerprint density at radius 3 is 1.77 bits per heavy atom. The number of amides is 1. The molecule has 0 saturated heterocycles. The summed E-state index contributed by atoms with van der Waals surface area (Å²) in [7, 11) is 1.30. The number of nitrogens with zero attached hydrogens (tertiary/aromatic N) is 1. The standard InChI is InChI=1S/C32H56N2O6/c1-3-4-5-6-7-8-9-10-11-12-13-14-15-16-17-21-26-38-28-30(33-31(35)37-2)29-40-32(36)39-27-22-25-34-23-19-18-20-24-34/h18-20,23-24,30H,3-17,21-22,25-29H2,1-2H3/p+1/t30-/m0/s1. The molecule has 0 saturated carbocycles. The zero-order valence-electron chi connectivity index (χ0n) is 25.4. The molecule has 1 heterocycles. The second-order valence-electron chi connectivity index (χ2n) is 10.6. The predicted octanol–water partition coefficient (Wildman–Crippen LogP) is 7.52. The summed E-state index contributed by atoms with van der Waals surface area (Å²) < 4.78 is 22.7. The molecule has 0 bridgehead atoms. The van der Waals surface area contributed by atoms with Crippen LogP contribution in [0.15, 0.2) is 30.6 Å². The van der Waals surface area contributed by atoms with Gasteiger partial charge in [-0.2, -0.15) is 0 Å². The second-order valence-corrected chi connectivity index (χ2v) is 10.6. The molecule has 8 nitrogen and oxygen atoms in total. The van der Waals surface area contributed by atoms with Crippen LogP contribution < -0.4 is 9.88 Å². The van der Waals surface area contributed by atoms with Gasteiger partial charge in [-0.05, 0) is 6.42 Å². The molecule has 40 heavy (non-hydrogen) atoms. The highest BCUT2D eigenvalue weighted by atomic mass is 16.7. The van der Waals surface area contributed by atoms with Crippen molar-refractivity contribution in [3.05, 3.63) is 30.6 Å². The number of aromatic nitrogens is 1. The van der Waals surface area contributed by atoms with Crippen molar-refractivity contribution in [3.8, 4) is 0 Å². The number of aryl methyl sites for hydroxylation is 1. The topological polar surface area (TPSA) is 87.0 Å². The molecule has 0 spiro atoms. The van der Waals surface area contributed by atoms with Crippen LogP contribution in [0.1, 0.15) is 116 Å². The van der Waals surface area contributed by atoms with Crippen LogP contribution in [-0.2, 0) is 25.5 Å². The quantitative estimate of drug-likeness (QED) is 0.0710. The number of nitrogens with one attached hydrogen (secondary N) is 1. The Morgan fingerprint density at radius 2 is 1.23 bits per heavy atom. The highest BCUT2D eigenvalue weighted by Crippen LogP contribution is 2.13. The normalized spacial score (nSPS) is 11.7. The van der Waals surface area contributed by atoms with E-state index in [2.05, 4.69) is 17.0 Å². The van der Waals surface area contributed by atoms with Crippen molar-refractivity contribution in [2.24, 2.45) is 0 Å². The van der Waals surface area contributed by atoms with Crippen LogP contribution in [0.5, 0.6) is 0 Å². The first-order valence-corrected chi connectivity index (χ1v) is 15.8. The minimum atomic E-state index is -0.757. The molecular formula is C32H57N2O6+. The molecule has 0 aliphatic heterocycles. The van der Waals surface area contributed by atoms with Crippen LogP contribution in [0, 0.1) is 0 Å². The molecule has 230 valence electrons. The van der Waals surface area contributed by atoms with Crippen molar-refractivity contribution in [2.45, 2.75) is 129 Å². The molecule has 0 aromatic carbocycles. The number of carbonyl (C=O) groups excluding carboxylic acids is 2. The lowest BCUT2D eigenvalue weighted by molar-refractivity contribution is -0.697. The Hall–Kier alpha value is -2.35. The van der Waals surface area contributed by atoms with Crippen LogP contribution in [0.4, 0.5) is 9.59 Å². The number of hydrogen-bond acceptors (Lipinski definition) is 6. The molecule has 8 heteroatoms. The fourth-order valence-corrected chi connectivity index (χ4v) is 4.53. The van der Waals surface area contributed by atoms with Crippen LogP contribution in [0.25, 0.3) is 0 Å². The Morgan fingerprint density at radius 1 is 0.675 bits per heavy atom. The second kappa shape index (κ2) is 26.9.